The van der Waals surface area contributed by atoms with Gasteiger partial charge in [-0.2, -0.15) is 0 Å². The van der Waals surface area contributed by atoms with Crippen LogP contribution in [-0.4, -0.2) is 18.6 Å². The van der Waals surface area contributed by atoms with Crippen LogP contribution in [0.15, 0.2) is 24.3 Å². The molecule has 0 aromatic heterocycles. The lowest BCUT2D eigenvalue weighted by Crippen LogP contribution is -2.26. The number of carbonyl (C=O) groups is 1. The summed E-state index contributed by atoms with van der Waals surface area (Å²) in [6.07, 6.45) is 0.195. The third-order valence-corrected chi connectivity index (χ3v) is 2.58. The molecule has 0 heterocycles. The number of hydrogen-bond acceptors (Lipinski definition) is 3. The van der Waals surface area contributed by atoms with Crippen LogP contribution in [0.25, 0.3) is 0 Å². The van der Waals surface area contributed by atoms with Gasteiger partial charge >= 0.3 is 0 Å². The number of benzene rings is 1. The van der Waals surface area contributed by atoms with Crippen molar-refractivity contribution in [2.24, 2.45) is 11.7 Å². The Hall–Kier alpha value is -1.10. The average molecular weight is 287 g/mol. The fourth-order valence-corrected chi connectivity index (χ4v) is 1.37. The Morgan fingerprint density at radius 3 is 2.63 bits per heavy atom. The molecule has 0 bridgehead atoms. The van der Waals surface area contributed by atoms with Crippen LogP contribution in [0.2, 0.25) is 0 Å². The van der Waals surface area contributed by atoms with Crippen LogP contribution >= 0.6 is 12.4 Å². The minimum Gasteiger partial charge on any atom is -0.374 e. The molecule has 0 aliphatic carbocycles. The second-order valence-corrected chi connectivity index (χ2v) is 4.69. The Morgan fingerprint density at radius 1 is 1.37 bits per heavy atom. The molecule has 0 aliphatic heterocycles. The number of ether oxygens (including phenoxy) is 1. The summed E-state index contributed by atoms with van der Waals surface area (Å²) in [6.45, 7) is 6.69. The number of halogens is 1. The Kier molecular flexibility index (Phi) is 8.39. The van der Waals surface area contributed by atoms with Gasteiger partial charge in [0, 0.05) is 18.2 Å². The normalized spacial score (nSPS) is 11.8. The zero-order valence-corrected chi connectivity index (χ0v) is 12.5. The largest absolute Gasteiger partial charge is 0.374 e. The zero-order valence-electron chi connectivity index (χ0n) is 11.7. The highest BCUT2D eigenvalue weighted by molar-refractivity contribution is 5.92. The van der Waals surface area contributed by atoms with Crippen LogP contribution in [-0.2, 0) is 16.1 Å². The highest BCUT2D eigenvalue weighted by atomic mass is 35.5. The predicted molar refractivity (Wildman–Crippen MR) is 80.5 cm³/mol. The SMILES string of the molecule is CC(C)OCc1cccc(NC(=O)C(C)CN)c1.Cl. The predicted octanol–water partition coefficient (Wildman–Crippen LogP) is 2.57. The van der Waals surface area contributed by atoms with Crippen molar-refractivity contribution in [3.05, 3.63) is 29.8 Å². The van der Waals surface area contributed by atoms with E-state index < -0.39 is 0 Å². The monoisotopic (exact) mass is 286 g/mol. The summed E-state index contributed by atoms with van der Waals surface area (Å²) in [5.41, 5.74) is 7.28. The van der Waals surface area contributed by atoms with E-state index in [1.807, 2.05) is 38.1 Å². The Balaban J connectivity index is 0.00000324. The average Bonchev–Trinajstić information content (AvgIpc) is 2.35. The zero-order chi connectivity index (χ0) is 13.5. The van der Waals surface area contributed by atoms with Gasteiger partial charge < -0.3 is 15.8 Å². The number of amides is 1. The molecule has 19 heavy (non-hydrogen) atoms. The molecule has 3 N–H and O–H groups in total. The smallest absolute Gasteiger partial charge is 0.228 e. The van der Waals surface area contributed by atoms with Gasteiger partial charge in [0.05, 0.1) is 12.7 Å². The van der Waals surface area contributed by atoms with E-state index in [0.29, 0.717) is 13.2 Å². The van der Waals surface area contributed by atoms with Gasteiger partial charge in [0.15, 0.2) is 0 Å². The molecule has 0 saturated carbocycles. The molecule has 4 nitrogen and oxygen atoms in total. The number of hydrogen-bond donors (Lipinski definition) is 2. The van der Waals surface area contributed by atoms with Crippen molar-refractivity contribution in [2.45, 2.75) is 33.5 Å². The van der Waals surface area contributed by atoms with Crippen molar-refractivity contribution >= 4 is 24.0 Å². The molecule has 1 rings (SSSR count). The second kappa shape index (κ2) is 8.91. The van der Waals surface area contributed by atoms with Gasteiger partial charge in [-0.05, 0) is 31.5 Å². The van der Waals surface area contributed by atoms with E-state index in [0.717, 1.165) is 11.3 Å². The maximum atomic E-state index is 11.7. The lowest BCUT2D eigenvalue weighted by Gasteiger charge is -2.12. The highest BCUT2D eigenvalue weighted by Crippen LogP contribution is 2.13. The number of carbonyl (C=O) groups excluding carboxylic acids is 1. The molecule has 0 spiro atoms. The van der Waals surface area contributed by atoms with Gasteiger partial charge in [0.1, 0.15) is 0 Å². The van der Waals surface area contributed by atoms with Gasteiger partial charge in [-0.25, -0.2) is 0 Å². The summed E-state index contributed by atoms with van der Waals surface area (Å²) in [7, 11) is 0. The van der Waals surface area contributed by atoms with Crippen molar-refractivity contribution in [3.8, 4) is 0 Å². The molecule has 1 aromatic carbocycles. The molecule has 0 radical (unpaired) electrons. The van der Waals surface area contributed by atoms with Crippen molar-refractivity contribution < 1.29 is 9.53 Å². The standard InChI is InChI=1S/C14H22N2O2.ClH/c1-10(2)18-9-12-5-4-6-13(7-12)16-14(17)11(3)8-15;/h4-7,10-11H,8-9,15H2,1-3H3,(H,16,17);1H. The highest BCUT2D eigenvalue weighted by Gasteiger charge is 2.10. The summed E-state index contributed by atoms with van der Waals surface area (Å²) in [5, 5.41) is 2.85. The van der Waals surface area contributed by atoms with Crippen LogP contribution in [0, 0.1) is 5.92 Å². The van der Waals surface area contributed by atoms with Gasteiger partial charge in [-0.3, -0.25) is 4.79 Å². The van der Waals surface area contributed by atoms with E-state index in [2.05, 4.69) is 5.32 Å². The minimum absolute atomic E-state index is 0. The number of nitrogens with one attached hydrogen (secondary N) is 1. The van der Waals surface area contributed by atoms with Crippen molar-refractivity contribution in [2.75, 3.05) is 11.9 Å². The number of rotatable bonds is 6. The van der Waals surface area contributed by atoms with E-state index in [1.54, 1.807) is 6.92 Å². The van der Waals surface area contributed by atoms with E-state index in [-0.39, 0.29) is 30.3 Å². The molecule has 5 heteroatoms. The molecule has 0 saturated heterocycles. The summed E-state index contributed by atoms with van der Waals surface area (Å²) < 4.78 is 5.52. The summed E-state index contributed by atoms with van der Waals surface area (Å²) in [4.78, 5) is 11.7. The topological polar surface area (TPSA) is 64.3 Å². The molecular weight excluding hydrogens is 264 g/mol. The van der Waals surface area contributed by atoms with Crippen molar-refractivity contribution in [1.29, 1.82) is 0 Å². The Morgan fingerprint density at radius 2 is 2.05 bits per heavy atom. The van der Waals surface area contributed by atoms with Crippen LogP contribution in [0.4, 0.5) is 5.69 Å². The first-order chi connectivity index (χ1) is 8.52. The summed E-state index contributed by atoms with van der Waals surface area (Å²) in [6, 6.07) is 7.66. The quantitative estimate of drug-likeness (QED) is 0.845. The lowest BCUT2D eigenvalue weighted by atomic mass is 10.1. The molecule has 1 amide bonds. The van der Waals surface area contributed by atoms with Crippen molar-refractivity contribution in [1.82, 2.24) is 0 Å². The third-order valence-electron chi connectivity index (χ3n) is 2.58. The minimum atomic E-state index is -0.180. The summed E-state index contributed by atoms with van der Waals surface area (Å²) in [5.74, 6) is -0.236. The van der Waals surface area contributed by atoms with Gasteiger partial charge in [0.2, 0.25) is 5.91 Å². The number of anilines is 1. The summed E-state index contributed by atoms with van der Waals surface area (Å²) >= 11 is 0. The van der Waals surface area contributed by atoms with E-state index in [4.69, 9.17) is 10.5 Å². The molecule has 0 aliphatic rings. The molecule has 1 aromatic rings. The third kappa shape index (κ3) is 6.57. The lowest BCUT2D eigenvalue weighted by molar-refractivity contribution is -0.119. The second-order valence-electron chi connectivity index (χ2n) is 4.69. The first-order valence-electron chi connectivity index (χ1n) is 6.24. The first kappa shape index (κ1) is 17.9. The molecule has 1 unspecified atom stereocenters. The van der Waals surface area contributed by atoms with Crippen LogP contribution in [0.3, 0.4) is 0 Å². The maximum Gasteiger partial charge on any atom is 0.228 e. The van der Waals surface area contributed by atoms with E-state index in [9.17, 15) is 4.79 Å². The Labute approximate surface area is 121 Å². The Bertz CT molecular complexity index is 397. The fraction of sp³-hybridized carbons (Fsp3) is 0.500. The molecule has 108 valence electrons. The van der Waals surface area contributed by atoms with Crippen molar-refractivity contribution in [3.63, 3.8) is 0 Å². The van der Waals surface area contributed by atoms with E-state index in [1.165, 1.54) is 0 Å². The number of nitrogens with two attached hydrogens (primary N) is 1. The fourth-order valence-electron chi connectivity index (χ4n) is 1.37. The molecule has 1 atom stereocenters. The van der Waals surface area contributed by atoms with Crippen LogP contribution in [0.1, 0.15) is 26.3 Å². The van der Waals surface area contributed by atoms with Crippen LogP contribution < -0.4 is 11.1 Å². The maximum absolute atomic E-state index is 11.7. The van der Waals surface area contributed by atoms with Gasteiger partial charge in [-0.15, -0.1) is 12.4 Å². The van der Waals surface area contributed by atoms with Gasteiger partial charge in [0.25, 0.3) is 0 Å². The van der Waals surface area contributed by atoms with Gasteiger partial charge in [-0.1, -0.05) is 19.1 Å². The molecular formula is C14H23ClN2O2. The first-order valence-corrected chi connectivity index (χ1v) is 6.24. The molecule has 0 fully saturated rings. The van der Waals surface area contributed by atoms with E-state index >= 15 is 0 Å². The van der Waals surface area contributed by atoms with Crippen LogP contribution in [0.5, 0.6) is 0 Å².